The zero-order chi connectivity index (χ0) is 18.9. The minimum Gasteiger partial charge on any atom is -0.493 e. The molecule has 0 bridgehead atoms. The molecular formula is C21H24FN3O2. The fourth-order valence-electron chi connectivity index (χ4n) is 3.87. The molecule has 4 N–H and O–H groups in total. The lowest BCUT2D eigenvalue weighted by atomic mass is 10.00. The number of fused-ring (bicyclic) bond motifs is 1. The van der Waals surface area contributed by atoms with Gasteiger partial charge in [0.25, 0.3) is 0 Å². The number of benzene rings is 2. The molecule has 0 amide bonds. The molecule has 1 aliphatic heterocycles. The number of nitrogens with zero attached hydrogens (tertiary/aromatic N) is 1. The van der Waals surface area contributed by atoms with Gasteiger partial charge in [-0.25, -0.2) is 4.39 Å². The first-order valence-electron chi connectivity index (χ1n) is 9.26. The largest absolute Gasteiger partial charge is 0.493 e. The average molecular weight is 369 g/mol. The zero-order valence-corrected chi connectivity index (χ0v) is 15.1. The molecule has 0 spiro atoms. The molecule has 3 atom stereocenters. The molecule has 6 heteroatoms. The van der Waals surface area contributed by atoms with Gasteiger partial charge in [-0.15, -0.1) is 0 Å². The maximum atomic E-state index is 13.1. The number of halogens is 1. The number of aliphatic imine (C=N–C) groups is 1. The molecule has 0 radical (unpaired) electrons. The van der Waals surface area contributed by atoms with E-state index in [1.165, 1.54) is 12.1 Å². The van der Waals surface area contributed by atoms with Gasteiger partial charge >= 0.3 is 0 Å². The Labute approximate surface area is 158 Å². The van der Waals surface area contributed by atoms with Gasteiger partial charge in [-0.05, 0) is 36.1 Å². The van der Waals surface area contributed by atoms with Crippen LogP contribution in [0.4, 0.5) is 4.39 Å². The van der Waals surface area contributed by atoms with E-state index < -0.39 is 0 Å². The fraction of sp³-hybridized carbons (Fsp3) is 0.381. The van der Waals surface area contributed by atoms with Crippen molar-refractivity contribution in [1.82, 2.24) is 5.32 Å². The number of aliphatic hydroxyl groups excluding tert-OH is 1. The third kappa shape index (κ3) is 3.62. The predicted molar refractivity (Wildman–Crippen MR) is 102 cm³/mol. The highest BCUT2D eigenvalue weighted by atomic mass is 19.1. The standard InChI is InChI=1S/C21H24FN3O2/c22-15-7-5-14(6-8-15)17-11-21(17,13-26)12-24-20(23)25-18-9-10-27-19-4-2-1-3-16(18)19/h1-8,17-18,26H,9-13H2,(H3,23,24,25). The Morgan fingerprint density at radius 2 is 2.04 bits per heavy atom. The Hall–Kier alpha value is -2.60. The summed E-state index contributed by atoms with van der Waals surface area (Å²) in [7, 11) is 0. The molecule has 142 valence electrons. The monoisotopic (exact) mass is 369 g/mol. The molecule has 2 aromatic carbocycles. The topological polar surface area (TPSA) is 79.9 Å². The van der Waals surface area contributed by atoms with Gasteiger partial charge in [0.2, 0.25) is 0 Å². The van der Waals surface area contributed by atoms with Crippen LogP contribution in [0.1, 0.15) is 35.9 Å². The number of ether oxygens (including phenoxy) is 1. The number of hydrogen-bond acceptors (Lipinski definition) is 3. The summed E-state index contributed by atoms with van der Waals surface area (Å²) in [5.41, 5.74) is 7.93. The Bertz CT molecular complexity index is 840. The van der Waals surface area contributed by atoms with E-state index in [1.54, 1.807) is 12.1 Å². The van der Waals surface area contributed by atoms with E-state index in [4.69, 9.17) is 10.5 Å². The first-order chi connectivity index (χ1) is 13.1. The van der Waals surface area contributed by atoms with Gasteiger partial charge in [-0.1, -0.05) is 30.3 Å². The summed E-state index contributed by atoms with van der Waals surface area (Å²) in [5, 5.41) is 13.2. The van der Waals surface area contributed by atoms with Crippen molar-refractivity contribution in [2.75, 3.05) is 19.8 Å². The van der Waals surface area contributed by atoms with Crippen LogP contribution in [0.2, 0.25) is 0 Å². The molecule has 2 aliphatic rings. The van der Waals surface area contributed by atoms with Crippen molar-refractivity contribution in [2.24, 2.45) is 16.1 Å². The van der Waals surface area contributed by atoms with Crippen LogP contribution in [0, 0.1) is 11.2 Å². The summed E-state index contributed by atoms with van der Waals surface area (Å²) >= 11 is 0. The number of aliphatic hydroxyl groups is 1. The number of para-hydroxylation sites is 1. The van der Waals surface area contributed by atoms with Crippen LogP contribution in [0.5, 0.6) is 5.75 Å². The quantitative estimate of drug-likeness (QED) is 0.559. The molecule has 0 aromatic heterocycles. The van der Waals surface area contributed by atoms with Gasteiger partial charge in [-0.3, -0.25) is 4.99 Å². The fourth-order valence-corrected chi connectivity index (χ4v) is 3.87. The van der Waals surface area contributed by atoms with E-state index in [9.17, 15) is 9.50 Å². The van der Waals surface area contributed by atoms with Gasteiger partial charge in [-0.2, -0.15) is 0 Å². The van der Waals surface area contributed by atoms with Crippen molar-refractivity contribution in [3.8, 4) is 5.75 Å². The number of rotatable bonds is 5. The average Bonchev–Trinajstić information content (AvgIpc) is 3.42. The lowest BCUT2D eigenvalue weighted by Gasteiger charge is -2.27. The Kier molecular flexibility index (Phi) is 4.74. The first kappa shape index (κ1) is 17.8. The minimum atomic E-state index is -0.308. The normalized spacial score (nSPS) is 26.8. The van der Waals surface area contributed by atoms with Crippen molar-refractivity contribution in [3.05, 3.63) is 65.5 Å². The molecule has 2 aromatic rings. The summed E-state index contributed by atoms with van der Waals surface area (Å²) in [4.78, 5) is 4.50. The molecule has 3 unspecified atom stereocenters. The van der Waals surface area contributed by atoms with E-state index in [0.717, 1.165) is 29.7 Å². The Balaban J connectivity index is 1.41. The van der Waals surface area contributed by atoms with E-state index >= 15 is 0 Å². The van der Waals surface area contributed by atoms with Crippen molar-refractivity contribution < 1.29 is 14.2 Å². The lowest BCUT2D eigenvalue weighted by molar-refractivity contribution is 0.212. The van der Waals surface area contributed by atoms with Crippen LogP contribution in [0.15, 0.2) is 53.5 Å². The molecule has 0 saturated heterocycles. The van der Waals surface area contributed by atoms with E-state index in [-0.39, 0.29) is 29.8 Å². The second-order valence-electron chi connectivity index (χ2n) is 7.40. The van der Waals surface area contributed by atoms with E-state index in [2.05, 4.69) is 10.3 Å². The predicted octanol–water partition coefficient (Wildman–Crippen LogP) is 2.72. The number of nitrogens with two attached hydrogens (primary N) is 1. The van der Waals surface area contributed by atoms with Crippen LogP contribution in [0.3, 0.4) is 0 Å². The summed E-state index contributed by atoms with van der Waals surface area (Å²) < 4.78 is 18.8. The molecule has 27 heavy (non-hydrogen) atoms. The van der Waals surface area contributed by atoms with Crippen molar-refractivity contribution in [1.29, 1.82) is 0 Å². The Morgan fingerprint density at radius 1 is 1.26 bits per heavy atom. The maximum Gasteiger partial charge on any atom is 0.189 e. The number of guanidine groups is 1. The molecular weight excluding hydrogens is 345 g/mol. The van der Waals surface area contributed by atoms with Gasteiger partial charge in [0, 0.05) is 17.4 Å². The van der Waals surface area contributed by atoms with Crippen molar-refractivity contribution >= 4 is 5.96 Å². The van der Waals surface area contributed by atoms with Gasteiger partial charge in [0.1, 0.15) is 11.6 Å². The highest BCUT2D eigenvalue weighted by Gasteiger charge is 2.54. The van der Waals surface area contributed by atoms with E-state index in [1.807, 2.05) is 24.3 Å². The molecule has 4 rings (SSSR count). The van der Waals surface area contributed by atoms with Crippen molar-refractivity contribution in [2.45, 2.75) is 24.8 Å². The number of nitrogens with one attached hydrogen (secondary N) is 1. The van der Waals surface area contributed by atoms with Crippen LogP contribution < -0.4 is 15.8 Å². The number of hydrogen-bond donors (Lipinski definition) is 3. The van der Waals surface area contributed by atoms with E-state index in [0.29, 0.717) is 19.1 Å². The Morgan fingerprint density at radius 3 is 2.81 bits per heavy atom. The molecule has 5 nitrogen and oxygen atoms in total. The lowest BCUT2D eigenvalue weighted by Crippen LogP contribution is -2.38. The summed E-state index contributed by atoms with van der Waals surface area (Å²) in [6.07, 6.45) is 1.64. The first-order valence-corrected chi connectivity index (χ1v) is 9.26. The maximum absolute atomic E-state index is 13.1. The second kappa shape index (κ2) is 7.19. The third-order valence-electron chi connectivity index (χ3n) is 5.62. The van der Waals surface area contributed by atoms with Gasteiger partial charge in [0.05, 0.1) is 25.8 Å². The van der Waals surface area contributed by atoms with Crippen LogP contribution in [-0.2, 0) is 0 Å². The summed E-state index contributed by atoms with van der Waals surface area (Å²) in [6, 6.07) is 14.4. The molecule has 1 saturated carbocycles. The second-order valence-corrected chi connectivity index (χ2v) is 7.40. The molecule has 1 aliphatic carbocycles. The minimum absolute atomic E-state index is 0.0337. The van der Waals surface area contributed by atoms with Crippen LogP contribution in [-0.4, -0.2) is 30.8 Å². The third-order valence-corrected chi connectivity index (χ3v) is 5.62. The summed E-state index contributed by atoms with van der Waals surface area (Å²) in [6.45, 7) is 1.11. The highest BCUT2D eigenvalue weighted by Crippen LogP contribution is 2.59. The van der Waals surface area contributed by atoms with Gasteiger partial charge in [0.15, 0.2) is 5.96 Å². The van der Waals surface area contributed by atoms with Crippen molar-refractivity contribution in [3.63, 3.8) is 0 Å². The molecule has 1 heterocycles. The van der Waals surface area contributed by atoms with Crippen LogP contribution in [0.25, 0.3) is 0 Å². The SMILES string of the molecule is NC(=NCC1(CO)CC1c1ccc(F)cc1)NC1CCOc2ccccc21. The van der Waals surface area contributed by atoms with Crippen LogP contribution >= 0.6 is 0 Å². The highest BCUT2D eigenvalue weighted by molar-refractivity contribution is 5.78. The molecule has 1 fully saturated rings. The smallest absolute Gasteiger partial charge is 0.189 e. The summed E-state index contributed by atoms with van der Waals surface area (Å²) in [5.74, 6) is 1.18. The zero-order valence-electron chi connectivity index (χ0n) is 15.1. The van der Waals surface area contributed by atoms with Gasteiger partial charge < -0.3 is 20.9 Å².